The predicted octanol–water partition coefficient (Wildman–Crippen LogP) is 0.804. The Bertz CT molecular complexity index is 374. The number of hydrogen-bond acceptors (Lipinski definition) is 4. The number of hydrogen-bond donors (Lipinski definition) is 1. The molecule has 2 aliphatic rings. The van der Waals surface area contributed by atoms with Crippen LogP contribution in [0.5, 0.6) is 0 Å². The summed E-state index contributed by atoms with van der Waals surface area (Å²) in [5.74, 6) is 0.629. The number of piperidine rings is 1. The summed E-state index contributed by atoms with van der Waals surface area (Å²) < 4.78 is 23.7. The van der Waals surface area contributed by atoms with E-state index in [1.165, 1.54) is 19.3 Å². The van der Waals surface area contributed by atoms with Crippen molar-refractivity contribution in [1.82, 2.24) is 10.2 Å². The number of nitrogens with zero attached hydrogens (tertiary/aromatic N) is 1. The monoisotopic (exact) mass is 272 g/mol. The molecule has 1 N–H and O–H groups in total. The third-order valence-corrected chi connectivity index (χ3v) is 5.65. The molecule has 5 heteroatoms. The van der Waals surface area contributed by atoms with E-state index in [1.54, 1.807) is 0 Å². The molecule has 2 rings (SSSR count). The lowest BCUT2D eigenvalue weighted by Gasteiger charge is -2.35. The summed E-state index contributed by atoms with van der Waals surface area (Å²) in [4.78, 5) is 2.37. The van der Waals surface area contributed by atoms with Gasteiger partial charge in [-0.15, -0.1) is 6.58 Å². The molecule has 0 unspecified atom stereocenters. The first-order valence-electron chi connectivity index (χ1n) is 6.91. The van der Waals surface area contributed by atoms with Gasteiger partial charge in [0.05, 0.1) is 11.5 Å². The van der Waals surface area contributed by atoms with E-state index >= 15 is 0 Å². The fraction of sp³-hybridized carbons (Fsp3) is 0.846. The van der Waals surface area contributed by atoms with Crippen LogP contribution >= 0.6 is 0 Å². The van der Waals surface area contributed by atoms with E-state index in [2.05, 4.69) is 16.8 Å². The van der Waals surface area contributed by atoms with Gasteiger partial charge >= 0.3 is 0 Å². The van der Waals surface area contributed by atoms with Crippen LogP contribution in [-0.4, -0.2) is 56.5 Å². The van der Waals surface area contributed by atoms with Gasteiger partial charge in [-0.05, 0) is 38.9 Å². The molecule has 2 heterocycles. The van der Waals surface area contributed by atoms with E-state index in [0.29, 0.717) is 11.5 Å². The molecule has 0 saturated carbocycles. The van der Waals surface area contributed by atoms with E-state index in [4.69, 9.17) is 0 Å². The van der Waals surface area contributed by atoms with Gasteiger partial charge in [0.1, 0.15) is 0 Å². The lowest BCUT2D eigenvalue weighted by atomic mass is 10.0. The van der Waals surface area contributed by atoms with Gasteiger partial charge < -0.3 is 5.32 Å². The SMILES string of the molecule is C=CCCN[C@@H]1CS(=O)(=O)C[C@H]1N1CCCCC1. The minimum absolute atomic E-state index is 0.105. The molecule has 2 aliphatic heterocycles. The highest BCUT2D eigenvalue weighted by atomic mass is 32.2. The van der Waals surface area contributed by atoms with Crippen LogP contribution < -0.4 is 5.32 Å². The number of likely N-dealkylation sites (tertiary alicyclic amines) is 1. The maximum absolute atomic E-state index is 11.8. The van der Waals surface area contributed by atoms with E-state index in [-0.39, 0.29) is 12.1 Å². The summed E-state index contributed by atoms with van der Waals surface area (Å²) in [5.41, 5.74) is 0. The highest BCUT2D eigenvalue weighted by molar-refractivity contribution is 7.91. The first kappa shape index (κ1) is 14.0. The summed E-state index contributed by atoms with van der Waals surface area (Å²) in [5, 5.41) is 3.39. The normalized spacial score (nSPS) is 32.4. The van der Waals surface area contributed by atoms with Crippen molar-refractivity contribution in [2.75, 3.05) is 31.1 Å². The van der Waals surface area contributed by atoms with Crippen molar-refractivity contribution < 1.29 is 8.42 Å². The molecular formula is C13H24N2O2S. The maximum atomic E-state index is 11.8. The minimum atomic E-state index is -2.86. The first-order chi connectivity index (χ1) is 8.62. The summed E-state index contributed by atoms with van der Waals surface area (Å²) in [7, 11) is -2.86. The third kappa shape index (κ3) is 3.56. The molecule has 0 radical (unpaired) electrons. The predicted molar refractivity (Wildman–Crippen MR) is 74.5 cm³/mol. The smallest absolute Gasteiger partial charge is 0.153 e. The zero-order valence-corrected chi connectivity index (χ0v) is 11.8. The molecule has 0 bridgehead atoms. The second-order valence-electron chi connectivity index (χ2n) is 5.38. The summed E-state index contributed by atoms with van der Waals surface area (Å²) in [6.45, 7) is 6.63. The van der Waals surface area contributed by atoms with Gasteiger partial charge in [0.2, 0.25) is 0 Å². The molecule has 18 heavy (non-hydrogen) atoms. The number of sulfone groups is 1. The van der Waals surface area contributed by atoms with Crippen LogP contribution in [0, 0.1) is 0 Å². The summed E-state index contributed by atoms with van der Waals surface area (Å²) >= 11 is 0. The fourth-order valence-corrected chi connectivity index (χ4v) is 4.99. The van der Waals surface area contributed by atoms with Crippen LogP contribution in [-0.2, 0) is 9.84 Å². The van der Waals surface area contributed by atoms with Gasteiger partial charge in [-0.25, -0.2) is 8.42 Å². The van der Waals surface area contributed by atoms with E-state index in [0.717, 1.165) is 26.1 Å². The van der Waals surface area contributed by atoms with Gasteiger partial charge in [-0.3, -0.25) is 4.90 Å². The third-order valence-electron chi connectivity index (χ3n) is 3.94. The van der Waals surface area contributed by atoms with Crippen molar-refractivity contribution in [3.8, 4) is 0 Å². The first-order valence-corrected chi connectivity index (χ1v) is 8.73. The summed E-state index contributed by atoms with van der Waals surface area (Å²) in [6.07, 6.45) is 6.45. The Kier molecular flexibility index (Phi) is 4.81. The van der Waals surface area contributed by atoms with Crippen molar-refractivity contribution in [2.24, 2.45) is 0 Å². The van der Waals surface area contributed by atoms with Gasteiger partial charge in [0.15, 0.2) is 9.84 Å². The number of nitrogens with one attached hydrogen (secondary N) is 1. The highest BCUT2D eigenvalue weighted by Crippen LogP contribution is 2.22. The zero-order valence-electron chi connectivity index (χ0n) is 11.0. The van der Waals surface area contributed by atoms with Crippen molar-refractivity contribution in [1.29, 1.82) is 0 Å². The van der Waals surface area contributed by atoms with Crippen molar-refractivity contribution in [2.45, 2.75) is 37.8 Å². The van der Waals surface area contributed by atoms with Gasteiger partial charge in [0.25, 0.3) is 0 Å². The average Bonchev–Trinajstić information content (AvgIpc) is 2.66. The van der Waals surface area contributed by atoms with Gasteiger partial charge in [-0.2, -0.15) is 0 Å². The summed E-state index contributed by atoms with van der Waals surface area (Å²) in [6, 6.07) is 0.285. The quantitative estimate of drug-likeness (QED) is 0.594. The molecule has 2 fully saturated rings. The van der Waals surface area contributed by atoms with Crippen molar-refractivity contribution in [3.05, 3.63) is 12.7 Å². The van der Waals surface area contributed by atoms with Gasteiger partial charge in [-0.1, -0.05) is 12.5 Å². The molecule has 0 spiro atoms. The molecule has 0 aromatic carbocycles. The minimum Gasteiger partial charge on any atom is -0.311 e. The second kappa shape index (κ2) is 6.17. The van der Waals surface area contributed by atoms with Crippen molar-refractivity contribution in [3.63, 3.8) is 0 Å². The standard InChI is InChI=1S/C13H24N2O2S/c1-2-3-7-14-12-10-18(16,17)11-13(12)15-8-5-4-6-9-15/h2,12-14H,1,3-11H2/t12-,13-/m1/s1. The highest BCUT2D eigenvalue weighted by Gasteiger charge is 2.40. The topological polar surface area (TPSA) is 49.4 Å². The largest absolute Gasteiger partial charge is 0.311 e. The fourth-order valence-electron chi connectivity index (χ4n) is 3.00. The molecule has 0 aromatic rings. The lowest BCUT2D eigenvalue weighted by Crippen LogP contribution is -2.51. The Morgan fingerprint density at radius 1 is 1.22 bits per heavy atom. The Balaban J connectivity index is 1.97. The molecular weight excluding hydrogens is 248 g/mol. The van der Waals surface area contributed by atoms with Crippen LogP contribution in [0.4, 0.5) is 0 Å². The second-order valence-corrected chi connectivity index (χ2v) is 7.53. The van der Waals surface area contributed by atoms with Crippen LogP contribution in [0.25, 0.3) is 0 Å². The van der Waals surface area contributed by atoms with Gasteiger partial charge in [0, 0.05) is 12.1 Å². The zero-order chi connectivity index (χ0) is 13.0. The van der Waals surface area contributed by atoms with Crippen LogP contribution in [0.15, 0.2) is 12.7 Å². The Morgan fingerprint density at radius 2 is 1.94 bits per heavy atom. The molecule has 4 nitrogen and oxygen atoms in total. The van der Waals surface area contributed by atoms with Crippen LogP contribution in [0.1, 0.15) is 25.7 Å². The molecule has 0 aromatic heterocycles. The van der Waals surface area contributed by atoms with E-state index < -0.39 is 9.84 Å². The Hall–Kier alpha value is -0.390. The van der Waals surface area contributed by atoms with Crippen molar-refractivity contribution >= 4 is 9.84 Å². The molecule has 104 valence electrons. The average molecular weight is 272 g/mol. The molecule has 0 amide bonds. The Labute approximate surface area is 110 Å². The van der Waals surface area contributed by atoms with E-state index in [9.17, 15) is 8.42 Å². The van der Waals surface area contributed by atoms with Crippen LogP contribution in [0.3, 0.4) is 0 Å². The Morgan fingerprint density at radius 3 is 2.61 bits per heavy atom. The lowest BCUT2D eigenvalue weighted by molar-refractivity contribution is 0.155. The molecule has 2 saturated heterocycles. The number of rotatable bonds is 5. The molecule has 0 aliphatic carbocycles. The van der Waals surface area contributed by atoms with Crippen LogP contribution in [0.2, 0.25) is 0 Å². The molecule has 2 atom stereocenters. The maximum Gasteiger partial charge on any atom is 0.153 e. The van der Waals surface area contributed by atoms with E-state index in [1.807, 2.05) is 6.08 Å².